The van der Waals surface area contributed by atoms with Gasteiger partial charge in [0.1, 0.15) is 13.2 Å². The number of anilines is 1. The Labute approximate surface area is 183 Å². The van der Waals surface area contributed by atoms with Gasteiger partial charge in [0.25, 0.3) is 0 Å². The molecule has 0 spiro atoms. The van der Waals surface area contributed by atoms with E-state index in [2.05, 4.69) is 36.6 Å². The van der Waals surface area contributed by atoms with E-state index in [0.717, 1.165) is 40.3 Å². The summed E-state index contributed by atoms with van der Waals surface area (Å²) in [5.74, 6) is 1.68. The van der Waals surface area contributed by atoms with Gasteiger partial charge in [0.05, 0.1) is 0 Å². The topological polar surface area (TPSA) is 59.6 Å². The quantitative estimate of drug-likeness (QED) is 0.532. The first-order valence-corrected chi connectivity index (χ1v) is 10.8. The lowest BCUT2D eigenvalue weighted by Crippen LogP contribution is -2.40. The van der Waals surface area contributed by atoms with Crippen LogP contribution in [-0.4, -0.2) is 25.3 Å². The van der Waals surface area contributed by atoms with Crippen LogP contribution in [0.3, 0.4) is 0 Å². The van der Waals surface area contributed by atoms with E-state index < -0.39 is 0 Å². The molecule has 3 aromatic carbocycles. The number of ether oxygens (including phenoxy) is 2. The highest BCUT2D eigenvalue weighted by Gasteiger charge is 2.22. The average Bonchev–Trinajstić information content (AvgIpc) is 2.83. The highest BCUT2D eigenvalue weighted by molar-refractivity contribution is 5.89. The summed E-state index contributed by atoms with van der Waals surface area (Å²) in [6.07, 6.45) is 0.815. The highest BCUT2D eigenvalue weighted by atomic mass is 16.6. The van der Waals surface area contributed by atoms with Crippen LogP contribution in [0.4, 0.5) is 10.5 Å². The van der Waals surface area contributed by atoms with Gasteiger partial charge in [0, 0.05) is 17.6 Å². The minimum absolute atomic E-state index is 0.00819. The smallest absolute Gasteiger partial charge is 0.319 e. The number of hydrogen-bond donors (Lipinski definition) is 2. The molecular formula is C26H28N2O3. The molecule has 1 heterocycles. The van der Waals surface area contributed by atoms with Crippen molar-refractivity contribution < 1.29 is 14.3 Å². The summed E-state index contributed by atoms with van der Waals surface area (Å²) in [5, 5.41) is 6.06. The van der Waals surface area contributed by atoms with E-state index in [0.29, 0.717) is 13.2 Å². The predicted octanol–water partition coefficient (Wildman–Crippen LogP) is 5.83. The van der Waals surface area contributed by atoms with Crippen LogP contribution in [0.25, 0.3) is 11.1 Å². The molecule has 0 radical (unpaired) electrons. The molecule has 0 fully saturated rings. The lowest BCUT2D eigenvalue weighted by molar-refractivity contribution is 0.171. The fraction of sp³-hybridized carbons (Fsp3) is 0.269. The molecule has 0 aromatic heterocycles. The summed E-state index contributed by atoms with van der Waals surface area (Å²) in [5.41, 5.74) is 4.14. The van der Waals surface area contributed by atoms with Gasteiger partial charge in [0.15, 0.2) is 11.5 Å². The maximum Gasteiger partial charge on any atom is 0.319 e. The van der Waals surface area contributed by atoms with Crippen molar-refractivity contribution in [1.82, 2.24) is 5.32 Å². The zero-order chi connectivity index (χ0) is 21.6. The van der Waals surface area contributed by atoms with E-state index in [4.69, 9.17) is 9.47 Å². The second-order valence-electron chi connectivity index (χ2n) is 7.75. The molecule has 4 rings (SSSR count). The SMILES string of the molecule is CCC(NC(=O)Nc1ccc(-c2ccccc2)cc1)C(C)c1ccc2c(c1)OCCO2. The molecule has 2 unspecified atom stereocenters. The molecular weight excluding hydrogens is 388 g/mol. The van der Waals surface area contributed by atoms with Crippen LogP contribution >= 0.6 is 0 Å². The number of hydrogen-bond acceptors (Lipinski definition) is 3. The number of rotatable bonds is 6. The van der Waals surface area contributed by atoms with Crippen LogP contribution in [0.5, 0.6) is 11.5 Å². The Bertz CT molecular complexity index is 1020. The lowest BCUT2D eigenvalue weighted by Gasteiger charge is -2.26. The molecule has 31 heavy (non-hydrogen) atoms. The van der Waals surface area contributed by atoms with Gasteiger partial charge in [-0.2, -0.15) is 0 Å². The maximum absolute atomic E-state index is 12.6. The van der Waals surface area contributed by atoms with E-state index in [1.165, 1.54) is 0 Å². The van der Waals surface area contributed by atoms with E-state index in [1.807, 2.05) is 60.7 Å². The Hall–Kier alpha value is -3.47. The molecule has 3 aromatic rings. The van der Waals surface area contributed by atoms with Gasteiger partial charge in [-0.25, -0.2) is 4.79 Å². The molecule has 0 aliphatic carbocycles. The van der Waals surface area contributed by atoms with E-state index in [1.54, 1.807) is 0 Å². The maximum atomic E-state index is 12.6. The third-order valence-corrected chi connectivity index (χ3v) is 5.70. The summed E-state index contributed by atoms with van der Waals surface area (Å²) in [6.45, 7) is 5.34. The van der Waals surface area contributed by atoms with Gasteiger partial charge in [-0.15, -0.1) is 0 Å². The average molecular weight is 417 g/mol. The van der Waals surface area contributed by atoms with Gasteiger partial charge < -0.3 is 20.1 Å². The van der Waals surface area contributed by atoms with Crippen LogP contribution in [0.1, 0.15) is 31.7 Å². The molecule has 160 valence electrons. The van der Waals surface area contributed by atoms with Gasteiger partial charge in [0.2, 0.25) is 0 Å². The Morgan fingerprint density at radius 2 is 1.58 bits per heavy atom. The highest BCUT2D eigenvalue weighted by Crippen LogP contribution is 2.34. The molecule has 1 aliphatic rings. The van der Waals surface area contributed by atoms with Crippen LogP contribution in [0.15, 0.2) is 72.8 Å². The predicted molar refractivity (Wildman–Crippen MR) is 124 cm³/mol. The first-order chi connectivity index (χ1) is 15.1. The summed E-state index contributed by atoms with van der Waals surface area (Å²) in [7, 11) is 0. The zero-order valence-electron chi connectivity index (χ0n) is 17.9. The fourth-order valence-corrected chi connectivity index (χ4v) is 3.87. The number of benzene rings is 3. The normalized spacial score (nSPS) is 14.4. The minimum atomic E-state index is -0.205. The number of carbonyl (C=O) groups excluding carboxylic acids is 1. The summed E-state index contributed by atoms with van der Waals surface area (Å²) in [4.78, 5) is 12.6. The van der Waals surface area contributed by atoms with Crippen molar-refractivity contribution in [3.8, 4) is 22.6 Å². The van der Waals surface area contributed by atoms with Crippen LogP contribution in [0.2, 0.25) is 0 Å². The van der Waals surface area contributed by atoms with Gasteiger partial charge in [-0.3, -0.25) is 0 Å². The Morgan fingerprint density at radius 3 is 2.29 bits per heavy atom. The molecule has 0 bridgehead atoms. The number of fused-ring (bicyclic) bond motifs is 1. The fourth-order valence-electron chi connectivity index (χ4n) is 3.87. The monoisotopic (exact) mass is 416 g/mol. The Morgan fingerprint density at radius 1 is 0.903 bits per heavy atom. The lowest BCUT2D eigenvalue weighted by atomic mass is 9.91. The van der Waals surface area contributed by atoms with Gasteiger partial charge in [-0.1, -0.05) is 62.4 Å². The van der Waals surface area contributed by atoms with Crippen LogP contribution < -0.4 is 20.1 Å². The summed E-state index contributed by atoms with van der Waals surface area (Å²) < 4.78 is 11.3. The molecule has 2 N–H and O–H groups in total. The standard InChI is InChI=1S/C26H28N2O3/c1-3-23(18(2)21-11-14-24-25(17-21)31-16-15-30-24)28-26(29)27-22-12-9-20(10-13-22)19-7-5-4-6-8-19/h4-14,17-18,23H,3,15-16H2,1-2H3,(H2,27,28,29). The summed E-state index contributed by atoms with van der Waals surface area (Å²) >= 11 is 0. The first kappa shape index (κ1) is 20.8. The van der Waals surface area contributed by atoms with Crippen LogP contribution in [0, 0.1) is 0 Å². The number of urea groups is 1. The van der Waals surface area contributed by atoms with E-state index >= 15 is 0 Å². The minimum Gasteiger partial charge on any atom is -0.486 e. The molecule has 2 amide bonds. The first-order valence-electron chi connectivity index (χ1n) is 10.8. The zero-order valence-corrected chi connectivity index (χ0v) is 17.9. The molecule has 0 saturated carbocycles. The van der Waals surface area contributed by atoms with Crippen molar-refractivity contribution in [2.75, 3.05) is 18.5 Å². The molecule has 0 saturated heterocycles. The van der Waals surface area contributed by atoms with Crippen molar-refractivity contribution in [2.45, 2.75) is 32.2 Å². The Kier molecular flexibility index (Phi) is 6.41. The third kappa shape index (κ3) is 5.00. The Balaban J connectivity index is 1.38. The van der Waals surface area contributed by atoms with Crippen LogP contribution in [-0.2, 0) is 0 Å². The van der Waals surface area contributed by atoms with Crippen molar-refractivity contribution in [1.29, 1.82) is 0 Å². The second-order valence-corrected chi connectivity index (χ2v) is 7.75. The molecule has 5 heteroatoms. The van der Waals surface area contributed by atoms with Gasteiger partial charge in [-0.05, 0) is 47.4 Å². The van der Waals surface area contributed by atoms with Crippen molar-refractivity contribution in [3.05, 3.63) is 78.4 Å². The second kappa shape index (κ2) is 9.56. The molecule has 1 aliphatic heterocycles. The largest absolute Gasteiger partial charge is 0.486 e. The van der Waals surface area contributed by atoms with Crippen molar-refractivity contribution >= 4 is 11.7 Å². The van der Waals surface area contributed by atoms with Crippen molar-refractivity contribution in [2.24, 2.45) is 0 Å². The number of carbonyl (C=O) groups is 1. The number of amides is 2. The van der Waals surface area contributed by atoms with Crippen molar-refractivity contribution in [3.63, 3.8) is 0 Å². The molecule has 2 atom stereocenters. The summed E-state index contributed by atoms with van der Waals surface area (Å²) in [6, 6.07) is 23.8. The molecule has 5 nitrogen and oxygen atoms in total. The van der Waals surface area contributed by atoms with E-state index in [9.17, 15) is 4.79 Å². The van der Waals surface area contributed by atoms with Gasteiger partial charge >= 0.3 is 6.03 Å². The van der Waals surface area contributed by atoms with E-state index in [-0.39, 0.29) is 18.0 Å². The number of nitrogens with one attached hydrogen (secondary N) is 2. The third-order valence-electron chi connectivity index (χ3n) is 5.70.